The Morgan fingerprint density at radius 2 is 2.00 bits per heavy atom. The molecule has 3 atom stereocenters. The van der Waals surface area contributed by atoms with Gasteiger partial charge in [-0.25, -0.2) is 14.2 Å². The number of ether oxygens (including phenoxy) is 3. The maximum atomic E-state index is 15.1. The van der Waals surface area contributed by atoms with Crippen molar-refractivity contribution in [1.29, 1.82) is 5.26 Å². The summed E-state index contributed by atoms with van der Waals surface area (Å²) in [5.41, 5.74) is 1.64. The standard InChI is InChI=1S/C32H29Cl2FN6O4/c1-3-5-20-14-40(15-21-16-41(20)21)32(42)45-29-11-25-22(8-28(29)43-2)31(18(12-36)13-37-25)39-26-10-24(35)27(9-23(26)33)44-17-19-6-4-7-30(34)38-19/h4,6-11,13,20-21H,3,5,14-17H2,1-2H3,(H,37,39). The van der Waals surface area contributed by atoms with Gasteiger partial charge in [-0.1, -0.05) is 42.6 Å². The zero-order chi connectivity index (χ0) is 31.7. The summed E-state index contributed by atoms with van der Waals surface area (Å²) in [6, 6.07) is 13.6. The quantitative estimate of drug-likeness (QED) is 0.152. The lowest BCUT2D eigenvalue weighted by atomic mass is 10.1. The Labute approximate surface area is 269 Å². The predicted octanol–water partition coefficient (Wildman–Crippen LogP) is 6.95. The summed E-state index contributed by atoms with van der Waals surface area (Å²) < 4.78 is 32.1. The van der Waals surface area contributed by atoms with Crippen LogP contribution in [0.4, 0.5) is 20.6 Å². The molecule has 2 aliphatic rings. The first-order valence-electron chi connectivity index (χ1n) is 14.4. The molecule has 6 rings (SSSR count). The second-order valence-corrected chi connectivity index (χ2v) is 11.7. The lowest BCUT2D eigenvalue weighted by molar-refractivity contribution is 0.117. The third-order valence-corrected chi connectivity index (χ3v) is 8.39. The molecule has 2 aromatic heterocycles. The van der Waals surface area contributed by atoms with E-state index in [0.717, 1.165) is 19.4 Å². The third kappa shape index (κ3) is 6.54. The topological polar surface area (TPSA) is 113 Å². The maximum absolute atomic E-state index is 15.1. The predicted molar refractivity (Wildman–Crippen MR) is 168 cm³/mol. The number of hydrogen-bond donors (Lipinski definition) is 1. The number of fused-ring (bicyclic) bond motifs is 2. The van der Waals surface area contributed by atoms with Gasteiger partial charge in [0.25, 0.3) is 0 Å². The lowest BCUT2D eigenvalue weighted by Crippen LogP contribution is -2.48. The van der Waals surface area contributed by atoms with Crippen molar-refractivity contribution in [3.05, 3.63) is 75.9 Å². The molecule has 45 heavy (non-hydrogen) atoms. The van der Waals surface area contributed by atoms with E-state index in [1.165, 1.54) is 25.4 Å². The summed E-state index contributed by atoms with van der Waals surface area (Å²) in [5, 5.41) is 13.9. The molecule has 1 amide bonds. The number of piperazine rings is 1. The molecule has 3 unspecified atom stereocenters. The fourth-order valence-corrected chi connectivity index (χ4v) is 5.99. The zero-order valence-corrected chi connectivity index (χ0v) is 26.0. The van der Waals surface area contributed by atoms with Gasteiger partial charge in [-0.2, -0.15) is 5.26 Å². The van der Waals surface area contributed by atoms with Crippen LogP contribution in [0, 0.1) is 17.1 Å². The van der Waals surface area contributed by atoms with Gasteiger partial charge in [-0.15, -0.1) is 0 Å². The van der Waals surface area contributed by atoms with Gasteiger partial charge in [0.1, 0.15) is 17.8 Å². The number of benzene rings is 2. The highest BCUT2D eigenvalue weighted by Gasteiger charge is 2.46. The summed E-state index contributed by atoms with van der Waals surface area (Å²) in [6.07, 6.45) is 2.98. The first-order valence-corrected chi connectivity index (χ1v) is 15.2. The minimum absolute atomic E-state index is 0.0169. The average Bonchev–Trinajstić information content (AvgIpc) is 3.82. The van der Waals surface area contributed by atoms with Gasteiger partial charge < -0.3 is 24.4 Å². The van der Waals surface area contributed by atoms with Crippen LogP contribution in [0.15, 0.2) is 48.7 Å². The summed E-state index contributed by atoms with van der Waals surface area (Å²) in [6.45, 7) is 4.34. The van der Waals surface area contributed by atoms with Crippen LogP contribution in [-0.2, 0) is 6.61 Å². The van der Waals surface area contributed by atoms with Gasteiger partial charge in [-0.3, -0.25) is 9.88 Å². The first-order chi connectivity index (χ1) is 21.8. The van der Waals surface area contributed by atoms with Crippen molar-refractivity contribution in [3.63, 3.8) is 0 Å². The van der Waals surface area contributed by atoms with Crippen LogP contribution in [0.3, 0.4) is 0 Å². The molecular formula is C32H29Cl2FN6O4. The van der Waals surface area contributed by atoms with E-state index < -0.39 is 11.9 Å². The second kappa shape index (κ2) is 12.9. The molecule has 2 aromatic carbocycles. The highest BCUT2D eigenvalue weighted by molar-refractivity contribution is 6.33. The van der Waals surface area contributed by atoms with E-state index in [2.05, 4.69) is 33.2 Å². The van der Waals surface area contributed by atoms with Crippen molar-refractivity contribution < 1.29 is 23.4 Å². The van der Waals surface area contributed by atoms with Gasteiger partial charge in [0, 0.05) is 61.5 Å². The summed E-state index contributed by atoms with van der Waals surface area (Å²) in [4.78, 5) is 25.9. The number of carbonyl (C=O) groups excluding carboxylic acids is 1. The number of hydrogen-bond acceptors (Lipinski definition) is 9. The highest BCUT2D eigenvalue weighted by atomic mass is 35.5. The number of nitrogens with one attached hydrogen (secondary N) is 1. The van der Waals surface area contributed by atoms with Crippen molar-refractivity contribution >= 4 is 51.6 Å². The van der Waals surface area contributed by atoms with Crippen molar-refractivity contribution in [3.8, 4) is 23.3 Å². The number of amides is 1. The molecule has 4 heterocycles. The summed E-state index contributed by atoms with van der Waals surface area (Å²) >= 11 is 12.4. The minimum atomic E-state index is -0.680. The average molecular weight is 652 g/mol. The Bertz CT molecular complexity index is 1820. The van der Waals surface area contributed by atoms with Gasteiger partial charge in [-0.05, 0) is 24.6 Å². The summed E-state index contributed by atoms with van der Waals surface area (Å²) in [5.74, 6) is -0.296. The number of halogens is 3. The molecule has 13 heteroatoms. The van der Waals surface area contributed by atoms with E-state index in [4.69, 9.17) is 37.4 Å². The Balaban J connectivity index is 1.25. The number of nitriles is 1. The van der Waals surface area contributed by atoms with Gasteiger partial charge in [0.15, 0.2) is 23.1 Å². The molecule has 2 fully saturated rings. The molecule has 1 N–H and O–H groups in total. The normalized spacial score (nSPS) is 18.6. The van der Waals surface area contributed by atoms with Crippen molar-refractivity contribution in [2.45, 2.75) is 38.5 Å². The number of nitrogens with zero attached hydrogens (tertiary/aromatic N) is 5. The van der Waals surface area contributed by atoms with Crippen LogP contribution in [0.1, 0.15) is 31.0 Å². The van der Waals surface area contributed by atoms with Crippen LogP contribution < -0.4 is 19.5 Å². The highest BCUT2D eigenvalue weighted by Crippen LogP contribution is 2.40. The molecule has 2 aliphatic heterocycles. The van der Waals surface area contributed by atoms with Crippen molar-refractivity contribution in [1.82, 2.24) is 19.8 Å². The Morgan fingerprint density at radius 3 is 2.76 bits per heavy atom. The fraction of sp³-hybridized carbons (Fsp3) is 0.312. The zero-order valence-electron chi connectivity index (χ0n) is 24.5. The van der Waals surface area contributed by atoms with E-state index in [-0.39, 0.29) is 40.1 Å². The van der Waals surface area contributed by atoms with E-state index in [1.807, 2.05) is 0 Å². The van der Waals surface area contributed by atoms with E-state index in [0.29, 0.717) is 52.6 Å². The van der Waals surface area contributed by atoms with Gasteiger partial charge >= 0.3 is 6.09 Å². The number of pyridine rings is 2. The SMILES string of the molecule is CCCC1CN(C(=O)Oc2cc3ncc(C#N)c(Nc4cc(F)c(OCc5cccc(Cl)n5)cc4Cl)c3cc2OC)CC2CN12. The molecular weight excluding hydrogens is 622 g/mol. The van der Waals surface area contributed by atoms with Crippen LogP contribution >= 0.6 is 23.2 Å². The van der Waals surface area contributed by atoms with Crippen LogP contribution in [0.5, 0.6) is 17.2 Å². The van der Waals surface area contributed by atoms with Crippen molar-refractivity contribution in [2.24, 2.45) is 0 Å². The van der Waals surface area contributed by atoms with Crippen LogP contribution in [-0.4, -0.2) is 64.7 Å². The third-order valence-electron chi connectivity index (χ3n) is 7.87. The van der Waals surface area contributed by atoms with Gasteiger partial charge in [0.2, 0.25) is 0 Å². The number of rotatable bonds is 9. The van der Waals surface area contributed by atoms with Crippen LogP contribution in [0.2, 0.25) is 10.2 Å². The van der Waals surface area contributed by atoms with E-state index >= 15 is 4.39 Å². The van der Waals surface area contributed by atoms with Crippen molar-refractivity contribution in [2.75, 3.05) is 32.1 Å². The Morgan fingerprint density at radius 1 is 1.16 bits per heavy atom. The monoisotopic (exact) mass is 650 g/mol. The molecule has 4 aromatic rings. The lowest BCUT2D eigenvalue weighted by Gasteiger charge is -2.32. The molecule has 2 saturated heterocycles. The van der Waals surface area contributed by atoms with E-state index in [9.17, 15) is 10.1 Å². The first kappa shape index (κ1) is 30.6. The molecule has 0 saturated carbocycles. The van der Waals surface area contributed by atoms with Gasteiger partial charge in [0.05, 0.1) is 40.3 Å². The number of anilines is 2. The maximum Gasteiger partial charge on any atom is 0.415 e. The molecule has 0 bridgehead atoms. The largest absolute Gasteiger partial charge is 0.493 e. The Kier molecular flexibility index (Phi) is 8.81. The Hall–Kier alpha value is -4.37. The number of carbonyl (C=O) groups is 1. The van der Waals surface area contributed by atoms with Crippen LogP contribution in [0.25, 0.3) is 10.9 Å². The smallest absolute Gasteiger partial charge is 0.415 e. The second-order valence-electron chi connectivity index (χ2n) is 10.9. The molecule has 0 aliphatic carbocycles. The molecule has 0 spiro atoms. The molecule has 10 nitrogen and oxygen atoms in total. The number of methoxy groups -OCH3 is 1. The number of aromatic nitrogens is 2. The van der Waals surface area contributed by atoms with E-state index in [1.54, 1.807) is 35.2 Å². The minimum Gasteiger partial charge on any atom is -0.493 e. The molecule has 232 valence electrons. The fourth-order valence-electron chi connectivity index (χ4n) is 5.60. The molecule has 0 radical (unpaired) electrons. The summed E-state index contributed by atoms with van der Waals surface area (Å²) in [7, 11) is 1.46.